The van der Waals surface area contributed by atoms with Crippen molar-refractivity contribution in [3.05, 3.63) is 33.5 Å². The number of fused-ring (bicyclic) bond motifs is 1. The highest BCUT2D eigenvalue weighted by Crippen LogP contribution is 2.26. The monoisotopic (exact) mass is 221 g/mol. The van der Waals surface area contributed by atoms with Crippen LogP contribution in [-0.4, -0.2) is 13.1 Å². The van der Waals surface area contributed by atoms with Crippen LogP contribution in [0.25, 0.3) is 10.3 Å². The molecule has 1 saturated heterocycles. The van der Waals surface area contributed by atoms with Crippen LogP contribution in [0.5, 0.6) is 0 Å². The summed E-state index contributed by atoms with van der Waals surface area (Å²) < 4.78 is 6.00. The molecular formula is C11H11NO2S. The Morgan fingerprint density at radius 3 is 3.20 bits per heavy atom. The summed E-state index contributed by atoms with van der Waals surface area (Å²) in [7, 11) is 0. The summed E-state index contributed by atoms with van der Waals surface area (Å²) in [6.45, 7) is 2.13. The summed E-state index contributed by atoms with van der Waals surface area (Å²) in [5, 5.41) is 3.34. The van der Waals surface area contributed by atoms with E-state index in [4.69, 9.17) is 4.42 Å². The zero-order chi connectivity index (χ0) is 10.3. The zero-order valence-electron chi connectivity index (χ0n) is 8.16. The molecule has 3 nitrogen and oxygen atoms in total. The Bertz CT molecular complexity index is 537. The van der Waals surface area contributed by atoms with E-state index in [0.29, 0.717) is 11.5 Å². The lowest BCUT2D eigenvalue weighted by Crippen LogP contribution is -2.07. The van der Waals surface area contributed by atoms with E-state index in [1.165, 1.54) is 23.3 Å². The van der Waals surface area contributed by atoms with Gasteiger partial charge in [0.25, 0.3) is 0 Å². The molecule has 0 bridgehead atoms. The molecule has 0 radical (unpaired) electrons. The lowest BCUT2D eigenvalue weighted by atomic mass is 9.99. The second-order valence-electron chi connectivity index (χ2n) is 3.85. The van der Waals surface area contributed by atoms with E-state index in [9.17, 15) is 4.79 Å². The van der Waals surface area contributed by atoms with Crippen LogP contribution >= 0.6 is 11.3 Å². The van der Waals surface area contributed by atoms with Crippen molar-refractivity contribution in [3.63, 3.8) is 0 Å². The van der Waals surface area contributed by atoms with Gasteiger partial charge in [0.15, 0.2) is 0 Å². The van der Waals surface area contributed by atoms with Crippen molar-refractivity contribution >= 4 is 21.6 Å². The van der Waals surface area contributed by atoms with Gasteiger partial charge in [-0.05, 0) is 36.6 Å². The first-order chi connectivity index (χ1) is 7.33. The van der Waals surface area contributed by atoms with Crippen LogP contribution in [-0.2, 0) is 0 Å². The number of nitrogens with one attached hydrogen (secondary N) is 1. The van der Waals surface area contributed by atoms with Gasteiger partial charge in [-0.2, -0.15) is 0 Å². The Kier molecular flexibility index (Phi) is 2.11. The maximum Gasteiger partial charge on any atom is 0.396 e. The molecule has 0 spiro atoms. The highest BCUT2D eigenvalue weighted by atomic mass is 32.1. The molecule has 1 aromatic heterocycles. The minimum Gasteiger partial charge on any atom is -0.414 e. The quantitative estimate of drug-likeness (QED) is 0.800. The SMILES string of the molecule is O=c1oc2ccc(C3CCNC3)cc2s1. The molecule has 3 rings (SSSR count). The average Bonchev–Trinajstić information content (AvgIpc) is 2.82. The lowest BCUT2D eigenvalue weighted by Gasteiger charge is -2.07. The largest absolute Gasteiger partial charge is 0.414 e. The molecule has 0 amide bonds. The molecule has 78 valence electrons. The van der Waals surface area contributed by atoms with E-state index in [-0.39, 0.29) is 4.94 Å². The molecule has 0 saturated carbocycles. The van der Waals surface area contributed by atoms with Gasteiger partial charge in [0, 0.05) is 6.54 Å². The van der Waals surface area contributed by atoms with Gasteiger partial charge < -0.3 is 9.73 Å². The van der Waals surface area contributed by atoms with Crippen molar-refractivity contribution in [1.82, 2.24) is 5.32 Å². The Morgan fingerprint density at radius 1 is 1.47 bits per heavy atom. The van der Waals surface area contributed by atoms with Crippen molar-refractivity contribution in [2.24, 2.45) is 0 Å². The molecule has 1 unspecified atom stereocenters. The third kappa shape index (κ3) is 1.60. The molecule has 4 heteroatoms. The lowest BCUT2D eigenvalue weighted by molar-refractivity contribution is 0.585. The normalized spacial score (nSPS) is 21.2. The Balaban J connectivity index is 2.08. The second kappa shape index (κ2) is 3.47. The molecule has 1 aliphatic rings. The predicted molar refractivity (Wildman–Crippen MR) is 60.6 cm³/mol. The maximum absolute atomic E-state index is 11.1. The number of rotatable bonds is 1. The van der Waals surface area contributed by atoms with Crippen molar-refractivity contribution in [1.29, 1.82) is 0 Å². The fraction of sp³-hybridized carbons (Fsp3) is 0.364. The van der Waals surface area contributed by atoms with Crippen molar-refractivity contribution < 1.29 is 4.42 Å². The summed E-state index contributed by atoms with van der Waals surface area (Å²) >= 11 is 1.18. The van der Waals surface area contributed by atoms with Crippen LogP contribution in [0.1, 0.15) is 17.9 Å². The highest BCUT2D eigenvalue weighted by Gasteiger charge is 2.17. The highest BCUT2D eigenvalue weighted by molar-refractivity contribution is 7.16. The molecule has 1 N–H and O–H groups in total. The summed E-state index contributed by atoms with van der Waals surface area (Å²) in [6, 6.07) is 6.05. The number of hydrogen-bond donors (Lipinski definition) is 1. The minimum atomic E-state index is -0.216. The zero-order valence-corrected chi connectivity index (χ0v) is 8.97. The fourth-order valence-electron chi connectivity index (χ4n) is 2.08. The first-order valence-electron chi connectivity index (χ1n) is 5.07. The van der Waals surface area contributed by atoms with Crippen LogP contribution in [0.3, 0.4) is 0 Å². The molecule has 2 aromatic rings. The fourth-order valence-corrected chi connectivity index (χ4v) is 2.80. The Morgan fingerprint density at radius 2 is 2.40 bits per heavy atom. The van der Waals surface area contributed by atoms with Gasteiger partial charge in [0.05, 0.1) is 4.70 Å². The smallest absolute Gasteiger partial charge is 0.396 e. The molecule has 0 aliphatic carbocycles. The molecule has 1 fully saturated rings. The molecule has 1 aliphatic heterocycles. The van der Waals surface area contributed by atoms with E-state index >= 15 is 0 Å². The topological polar surface area (TPSA) is 42.2 Å². The van der Waals surface area contributed by atoms with Gasteiger partial charge in [-0.25, -0.2) is 4.79 Å². The summed E-state index contributed by atoms with van der Waals surface area (Å²) in [4.78, 5) is 10.8. The van der Waals surface area contributed by atoms with Crippen molar-refractivity contribution in [2.75, 3.05) is 13.1 Å². The van der Waals surface area contributed by atoms with Crippen molar-refractivity contribution in [3.8, 4) is 0 Å². The van der Waals surface area contributed by atoms with E-state index < -0.39 is 0 Å². The second-order valence-corrected chi connectivity index (χ2v) is 4.83. The van der Waals surface area contributed by atoms with E-state index in [0.717, 1.165) is 17.8 Å². The summed E-state index contributed by atoms with van der Waals surface area (Å²) in [5.74, 6) is 0.589. The average molecular weight is 221 g/mol. The van der Waals surface area contributed by atoms with Gasteiger partial charge in [-0.3, -0.25) is 0 Å². The van der Waals surface area contributed by atoms with Crippen LogP contribution in [0.15, 0.2) is 27.4 Å². The third-order valence-corrected chi connectivity index (χ3v) is 3.68. The molecule has 1 atom stereocenters. The predicted octanol–water partition coefficient (Wildman–Crippen LogP) is 1.93. The summed E-state index contributed by atoms with van der Waals surface area (Å²) in [5.41, 5.74) is 2.02. The molecule has 15 heavy (non-hydrogen) atoms. The standard InChI is InChI=1S/C11H11NO2S/c13-11-14-9-2-1-7(5-10(9)15-11)8-3-4-12-6-8/h1-2,5,8,12H,3-4,6H2. The van der Waals surface area contributed by atoms with Gasteiger partial charge in [-0.1, -0.05) is 17.4 Å². The number of hydrogen-bond acceptors (Lipinski definition) is 4. The van der Waals surface area contributed by atoms with Gasteiger partial charge in [0.2, 0.25) is 0 Å². The van der Waals surface area contributed by atoms with Crippen LogP contribution in [0.2, 0.25) is 0 Å². The van der Waals surface area contributed by atoms with E-state index in [2.05, 4.69) is 17.4 Å². The van der Waals surface area contributed by atoms with Crippen LogP contribution in [0.4, 0.5) is 0 Å². The van der Waals surface area contributed by atoms with Gasteiger partial charge in [0.1, 0.15) is 5.58 Å². The molecule has 2 heterocycles. The maximum atomic E-state index is 11.1. The molecular weight excluding hydrogens is 210 g/mol. The van der Waals surface area contributed by atoms with Gasteiger partial charge >= 0.3 is 4.94 Å². The first-order valence-corrected chi connectivity index (χ1v) is 5.89. The number of benzene rings is 1. The first kappa shape index (κ1) is 9.12. The summed E-state index contributed by atoms with van der Waals surface area (Å²) in [6.07, 6.45) is 1.18. The van der Waals surface area contributed by atoms with Crippen LogP contribution in [0, 0.1) is 0 Å². The van der Waals surface area contributed by atoms with Crippen molar-refractivity contribution in [2.45, 2.75) is 12.3 Å². The van der Waals surface area contributed by atoms with Crippen LogP contribution < -0.4 is 10.3 Å². The Labute approximate surface area is 90.7 Å². The molecule has 1 aromatic carbocycles. The van der Waals surface area contributed by atoms with E-state index in [1.807, 2.05) is 6.07 Å². The third-order valence-electron chi connectivity index (χ3n) is 2.89. The van der Waals surface area contributed by atoms with E-state index in [1.54, 1.807) is 0 Å². The van der Waals surface area contributed by atoms with Gasteiger partial charge in [-0.15, -0.1) is 0 Å². The minimum absolute atomic E-state index is 0.216. The Hall–Kier alpha value is -1.13.